The van der Waals surface area contributed by atoms with E-state index in [1.54, 1.807) is 42.7 Å². The van der Waals surface area contributed by atoms with Crippen LogP contribution in [0.1, 0.15) is 5.56 Å². The summed E-state index contributed by atoms with van der Waals surface area (Å²) >= 11 is 5.74. The number of hydrazone groups is 1. The smallest absolute Gasteiger partial charge is 0.277 e. The molecule has 0 spiro atoms. The number of rotatable bonds is 5. The van der Waals surface area contributed by atoms with Crippen molar-refractivity contribution >= 4 is 23.7 Å². The van der Waals surface area contributed by atoms with Gasteiger partial charge in [0.25, 0.3) is 5.91 Å². The van der Waals surface area contributed by atoms with Crippen molar-refractivity contribution in [3.05, 3.63) is 59.4 Å². The Bertz CT molecular complexity index is 585. The maximum Gasteiger partial charge on any atom is 0.277 e. The van der Waals surface area contributed by atoms with Gasteiger partial charge in [-0.25, -0.2) is 5.43 Å². The van der Waals surface area contributed by atoms with Gasteiger partial charge in [-0.05, 0) is 30.3 Å². The number of amides is 1. The molecule has 0 aliphatic rings. The number of ether oxygens (including phenoxy) is 1. The number of nitrogens with one attached hydrogen (secondary N) is 1. The molecule has 2 rings (SSSR count). The molecule has 0 saturated heterocycles. The number of hydrogen-bond donors (Lipinski definition) is 1. The van der Waals surface area contributed by atoms with E-state index < -0.39 is 0 Å². The fourth-order valence-corrected chi connectivity index (χ4v) is 1.47. The molecule has 1 heterocycles. The lowest BCUT2D eigenvalue weighted by Crippen LogP contribution is -2.24. The van der Waals surface area contributed by atoms with Crippen LogP contribution in [0.3, 0.4) is 0 Å². The molecule has 20 heavy (non-hydrogen) atoms. The van der Waals surface area contributed by atoms with Gasteiger partial charge in [-0.2, -0.15) is 5.10 Å². The highest BCUT2D eigenvalue weighted by Crippen LogP contribution is 2.15. The molecule has 5 nitrogen and oxygen atoms in total. The van der Waals surface area contributed by atoms with Gasteiger partial charge in [0.2, 0.25) is 0 Å². The first-order chi connectivity index (χ1) is 9.74. The van der Waals surface area contributed by atoms with Crippen molar-refractivity contribution in [3.63, 3.8) is 0 Å². The Morgan fingerprint density at radius 1 is 1.35 bits per heavy atom. The number of hydrogen-bond acceptors (Lipinski definition) is 4. The Kier molecular flexibility index (Phi) is 5.08. The zero-order valence-corrected chi connectivity index (χ0v) is 11.2. The molecule has 0 atom stereocenters. The van der Waals surface area contributed by atoms with Crippen LogP contribution in [0.15, 0.2) is 53.9 Å². The fraction of sp³-hybridized carbons (Fsp3) is 0.0714. The SMILES string of the molecule is O=C(COc1ccc(Cl)cc1)N/N=C\c1cccnc1. The Morgan fingerprint density at radius 2 is 2.15 bits per heavy atom. The molecule has 1 N–H and O–H groups in total. The number of carbonyl (C=O) groups excluding carboxylic acids is 1. The van der Waals surface area contributed by atoms with E-state index in [4.69, 9.17) is 16.3 Å². The van der Waals surface area contributed by atoms with Crippen molar-refractivity contribution in [2.75, 3.05) is 6.61 Å². The Hall–Kier alpha value is -2.40. The average Bonchev–Trinajstić information content (AvgIpc) is 2.48. The van der Waals surface area contributed by atoms with Crippen LogP contribution in [0.4, 0.5) is 0 Å². The first kappa shape index (κ1) is 14.0. The van der Waals surface area contributed by atoms with Crippen molar-refractivity contribution < 1.29 is 9.53 Å². The molecule has 0 aliphatic carbocycles. The normalized spacial score (nSPS) is 10.4. The molecule has 0 saturated carbocycles. The van der Waals surface area contributed by atoms with E-state index in [-0.39, 0.29) is 12.5 Å². The van der Waals surface area contributed by atoms with E-state index in [1.165, 1.54) is 6.21 Å². The second-order valence-corrected chi connectivity index (χ2v) is 4.26. The summed E-state index contributed by atoms with van der Waals surface area (Å²) in [6, 6.07) is 10.4. The number of benzene rings is 1. The summed E-state index contributed by atoms with van der Waals surface area (Å²) in [6.07, 6.45) is 4.81. The summed E-state index contributed by atoms with van der Waals surface area (Å²) in [5, 5.41) is 4.42. The molecular formula is C14H12ClN3O2. The van der Waals surface area contributed by atoms with E-state index in [2.05, 4.69) is 15.5 Å². The van der Waals surface area contributed by atoms with E-state index in [9.17, 15) is 4.79 Å². The van der Waals surface area contributed by atoms with Crippen molar-refractivity contribution in [3.8, 4) is 5.75 Å². The molecule has 0 fully saturated rings. The number of nitrogens with zero attached hydrogens (tertiary/aromatic N) is 2. The van der Waals surface area contributed by atoms with Crippen molar-refractivity contribution in [2.24, 2.45) is 5.10 Å². The minimum atomic E-state index is -0.347. The first-order valence-corrected chi connectivity index (χ1v) is 6.22. The van der Waals surface area contributed by atoms with Crippen molar-refractivity contribution in [2.45, 2.75) is 0 Å². The average molecular weight is 290 g/mol. The third kappa shape index (κ3) is 4.70. The summed E-state index contributed by atoms with van der Waals surface area (Å²) in [5.74, 6) is 0.223. The van der Waals surface area contributed by atoms with Gasteiger partial charge in [-0.3, -0.25) is 9.78 Å². The minimum Gasteiger partial charge on any atom is -0.484 e. The lowest BCUT2D eigenvalue weighted by Gasteiger charge is -2.04. The molecule has 1 aromatic heterocycles. The first-order valence-electron chi connectivity index (χ1n) is 5.84. The largest absolute Gasteiger partial charge is 0.484 e. The van der Waals surface area contributed by atoms with Crippen LogP contribution in [0.5, 0.6) is 5.75 Å². The predicted molar refractivity (Wildman–Crippen MR) is 76.9 cm³/mol. The van der Waals surface area contributed by atoms with Crippen molar-refractivity contribution in [1.29, 1.82) is 0 Å². The maximum absolute atomic E-state index is 11.5. The van der Waals surface area contributed by atoms with E-state index in [1.807, 2.05) is 6.07 Å². The van der Waals surface area contributed by atoms with E-state index >= 15 is 0 Å². The van der Waals surface area contributed by atoms with E-state index in [0.29, 0.717) is 10.8 Å². The van der Waals surface area contributed by atoms with Gasteiger partial charge in [0.15, 0.2) is 6.61 Å². The Morgan fingerprint density at radius 3 is 2.85 bits per heavy atom. The third-order valence-corrected chi connectivity index (χ3v) is 2.52. The van der Waals surface area contributed by atoms with Crippen molar-refractivity contribution in [1.82, 2.24) is 10.4 Å². The standard InChI is InChI=1S/C14H12ClN3O2/c15-12-3-5-13(6-4-12)20-10-14(19)18-17-9-11-2-1-7-16-8-11/h1-9H,10H2,(H,18,19)/b17-9-. The summed E-state index contributed by atoms with van der Waals surface area (Å²) in [4.78, 5) is 15.4. The summed E-state index contributed by atoms with van der Waals surface area (Å²) in [5.41, 5.74) is 3.16. The molecule has 0 radical (unpaired) electrons. The second-order valence-electron chi connectivity index (χ2n) is 3.82. The molecule has 6 heteroatoms. The number of carbonyl (C=O) groups is 1. The van der Waals surface area contributed by atoms with Crippen LogP contribution in [0.25, 0.3) is 0 Å². The molecular weight excluding hydrogens is 278 g/mol. The molecule has 1 aromatic carbocycles. The zero-order chi connectivity index (χ0) is 14.2. The van der Waals surface area contributed by atoms with Crippen LogP contribution >= 0.6 is 11.6 Å². The number of pyridine rings is 1. The topological polar surface area (TPSA) is 63.6 Å². The third-order valence-electron chi connectivity index (χ3n) is 2.27. The predicted octanol–water partition coefficient (Wildman–Crippen LogP) is 2.26. The Labute approximate surface area is 121 Å². The highest BCUT2D eigenvalue weighted by Gasteiger charge is 2.01. The molecule has 2 aromatic rings. The maximum atomic E-state index is 11.5. The summed E-state index contributed by atoms with van der Waals surface area (Å²) < 4.78 is 5.27. The summed E-state index contributed by atoms with van der Waals surface area (Å²) in [6.45, 7) is -0.119. The summed E-state index contributed by atoms with van der Waals surface area (Å²) in [7, 11) is 0. The van der Waals surface area contributed by atoms with Gasteiger partial charge in [0, 0.05) is 23.0 Å². The highest BCUT2D eigenvalue weighted by molar-refractivity contribution is 6.30. The highest BCUT2D eigenvalue weighted by atomic mass is 35.5. The quantitative estimate of drug-likeness (QED) is 0.678. The monoisotopic (exact) mass is 289 g/mol. The zero-order valence-electron chi connectivity index (χ0n) is 10.5. The van der Waals surface area contributed by atoms with Crippen LogP contribution < -0.4 is 10.2 Å². The van der Waals surface area contributed by atoms with Gasteiger partial charge in [-0.1, -0.05) is 17.7 Å². The minimum absolute atomic E-state index is 0.119. The number of halogens is 1. The van der Waals surface area contributed by atoms with Crippen LogP contribution in [0, 0.1) is 0 Å². The van der Waals surface area contributed by atoms with Gasteiger partial charge in [-0.15, -0.1) is 0 Å². The van der Waals surface area contributed by atoms with Crippen LogP contribution in [-0.2, 0) is 4.79 Å². The molecule has 102 valence electrons. The van der Waals surface area contributed by atoms with E-state index in [0.717, 1.165) is 5.56 Å². The molecule has 0 bridgehead atoms. The van der Waals surface area contributed by atoms with Crippen LogP contribution in [-0.4, -0.2) is 23.7 Å². The van der Waals surface area contributed by atoms with Gasteiger partial charge in [0.1, 0.15) is 5.75 Å². The van der Waals surface area contributed by atoms with Gasteiger partial charge < -0.3 is 4.74 Å². The fourth-order valence-electron chi connectivity index (χ4n) is 1.34. The lowest BCUT2D eigenvalue weighted by atomic mass is 10.3. The lowest BCUT2D eigenvalue weighted by molar-refractivity contribution is -0.123. The van der Waals surface area contributed by atoms with Gasteiger partial charge >= 0.3 is 0 Å². The number of aromatic nitrogens is 1. The van der Waals surface area contributed by atoms with Gasteiger partial charge in [0.05, 0.1) is 6.21 Å². The molecule has 0 aliphatic heterocycles. The molecule has 0 unspecified atom stereocenters. The van der Waals surface area contributed by atoms with Crippen LogP contribution in [0.2, 0.25) is 5.02 Å². The molecule has 1 amide bonds. The second kappa shape index (κ2) is 7.25. The Balaban J connectivity index is 1.76.